The number of carbonyl (C=O) groups excluding carboxylic acids is 1. The molecule has 2 unspecified atom stereocenters. The Labute approximate surface area is 111 Å². The number of amides is 1. The van der Waals surface area contributed by atoms with Crippen LogP contribution in [-0.2, 0) is 9.53 Å². The number of nitrogens with one attached hydrogen (secondary N) is 1. The molecule has 1 amide bonds. The first-order valence-electron chi connectivity index (χ1n) is 5.74. The van der Waals surface area contributed by atoms with Gasteiger partial charge in [0.15, 0.2) is 0 Å². The maximum atomic E-state index is 12.1. The van der Waals surface area contributed by atoms with Gasteiger partial charge in [0.25, 0.3) is 0 Å². The molecule has 0 saturated carbocycles. The van der Waals surface area contributed by atoms with E-state index in [4.69, 9.17) is 21.6 Å². The van der Waals surface area contributed by atoms with Gasteiger partial charge in [-0.15, -0.1) is 0 Å². The SMILES string of the molecule is CC1OCCC1C(=O)Nc1cc(Cl)ccc1C#N. The standard InChI is InChI=1S/C13H13ClN2O2/c1-8-11(4-5-18-8)13(17)16-12-6-10(14)3-2-9(12)7-15/h2-3,6,8,11H,4-5H2,1H3,(H,16,17). The molecule has 1 aliphatic rings. The molecule has 1 saturated heterocycles. The van der Waals surface area contributed by atoms with Crippen LogP contribution in [0.1, 0.15) is 18.9 Å². The predicted octanol–water partition coefficient (Wildman–Crippen LogP) is 2.58. The first kappa shape index (κ1) is 12.9. The Morgan fingerprint density at radius 1 is 1.61 bits per heavy atom. The van der Waals surface area contributed by atoms with Crippen molar-refractivity contribution in [3.8, 4) is 6.07 Å². The van der Waals surface area contributed by atoms with E-state index in [1.165, 1.54) is 0 Å². The summed E-state index contributed by atoms with van der Waals surface area (Å²) >= 11 is 5.86. The fourth-order valence-electron chi connectivity index (χ4n) is 2.02. The predicted molar refractivity (Wildman–Crippen MR) is 68.3 cm³/mol. The second-order valence-electron chi connectivity index (χ2n) is 4.26. The van der Waals surface area contributed by atoms with Crippen molar-refractivity contribution in [3.63, 3.8) is 0 Å². The molecule has 0 radical (unpaired) electrons. The quantitative estimate of drug-likeness (QED) is 0.893. The molecule has 5 heteroatoms. The van der Waals surface area contributed by atoms with Crippen LogP contribution in [0.3, 0.4) is 0 Å². The molecule has 94 valence electrons. The summed E-state index contributed by atoms with van der Waals surface area (Å²) in [5, 5.41) is 12.2. The zero-order chi connectivity index (χ0) is 13.1. The van der Waals surface area contributed by atoms with Crippen LogP contribution in [0, 0.1) is 17.2 Å². The highest BCUT2D eigenvalue weighted by atomic mass is 35.5. The van der Waals surface area contributed by atoms with Gasteiger partial charge in [-0.05, 0) is 31.5 Å². The lowest BCUT2D eigenvalue weighted by Crippen LogP contribution is -2.28. The van der Waals surface area contributed by atoms with Gasteiger partial charge in [0, 0.05) is 11.6 Å². The molecule has 18 heavy (non-hydrogen) atoms. The minimum absolute atomic E-state index is 0.0882. The molecule has 0 aliphatic carbocycles. The molecule has 0 spiro atoms. The van der Waals surface area contributed by atoms with Crippen molar-refractivity contribution in [1.29, 1.82) is 5.26 Å². The van der Waals surface area contributed by atoms with E-state index in [1.54, 1.807) is 18.2 Å². The van der Waals surface area contributed by atoms with E-state index < -0.39 is 0 Å². The van der Waals surface area contributed by atoms with Crippen molar-refractivity contribution in [1.82, 2.24) is 0 Å². The van der Waals surface area contributed by atoms with E-state index in [0.29, 0.717) is 29.3 Å². The zero-order valence-corrected chi connectivity index (χ0v) is 10.7. The molecule has 1 heterocycles. The molecular weight excluding hydrogens is 252 g/mol. The average Bonchev–Trinajstić information content (AvgIpc) is 2.76. The van der Waals surface area contributed by atoms with Crippen molar-refractivity contribution < 1.29 is 9.53 Å². The third-order valence-electron chi connectivity index (χ3n) is 3.07. The fourth-order valence-corrected chi connectivity index (χ4v) is 2.19. The van der Waals surface area contributed by atoms with E-state index in [0.717, 1.165) is 0 Å². The van der Waals surface area contributed by atoms with Gasteiger partial charge in [-0.25, -0.2) is 0 Å². The molecule has 0 bridgehead atoms. The number of carbonyl (C=O) groups is 1. The largest absolute Gasteiger partial charge is 0.378 e. The van der Waals surface area contributed by atoms with E-state index in [-0.39, 0.29) is 17.9 Å². The first-order chi connectivity index (χ1) is 8.61. The molecular formula is C13H13ClN2O2. The third kappa shape index (κ3) is 2.63. The molecule has 2 atom stereocenters. The van der Waals surface area contributed by atoms with Crippen LogP contribution in [-0.4, -0.2) is 18.6 Å². The van der Waals surface area contributed by atoms with Crippen molar-refractivity contribution in [2.24, 2.45) is 5.92 Å². The summed E-state index contributed by atoms with van der Waals surface area (Å²) in [6.45, 7) is 2.47. The lowest BCUT2D eigenvalue weighted by molar-refractivity contribution is -0.121. The van der Waals surface area contributed by atoms with Crippen LogP contribution in [0.4, 0.5) is 5.69 Å². The molecule has 1 aromatic rings. The number of rotatable bonds is 2. The maximum Gasteiger partial charge on any atom is 0.230 e. The summed E-state index contributed by atoms with van der Waals surface area (Å²) in [5.74, 6) is -0.297. The van der Waals surface area contributed by atoms with Gasteiger partial charge in [0.2, 0.25) is 5.91 Å². The van der Waals surface area contributed by atoms with Crippen LogP contribution in [0.15, 0.2) is 18.2 Å². The number of nitrogens with zero attached hydrogens (tertiary/aromatic N) is 1. The summed E-state index contributed by atoms with van der Waals surface area (Å²) in [4.78, 5) is 12.1. The average molecular weight is 265 g/mol. The van der Waals surface area contributed by atoms with Gasteiger partial charge < -0.3 is 10.1 Å². The topological polar surface area (TPSA) is 62.1 Å². The molecule has 1 N–H and O–H groups in total. The van der Waals surface area contributed by atoms with Gasteiger partial charge in [-0.3, -0.25) is 4.79 Å². The van der Waals surface area contributed by atoms with Crippen LogP contribution in [0.2, 0.25) is 5.02 Å². The molecule has 1 aliphatic heterocycles. The maximum absolute atomic E-state index is 12.1. The smallest absolute Gasteiger partial charge is 0.230 e. The summed E-state index contributed by atoms with van der Waals surface area (Å²) in [6.07, 6.45) is 0.616. The van der Waals surface area contributed by atoms with E-state index in [1.807, 2.05) is 13.0 Å². The summed E-state index contributed by atoms with van der Waals surface area (Å²) in [5.41, 5.74) is 0.855. The Bertz CT molecular complexity index is 510. The first-order valence-corrected chi connectivity index (χ1v) is 6.11. The van der Waals surface area contributed by atoms with Crippen LogP contribution in [0.25, 0.3) is 0 Å². The number of nitriles is 1. The summed E-state index contributed by atoms with van der Waals surface area (Å²) < 4.78 is 5.35. The number of anilines is 1. The highest BCUT2D eigenvalue weighted by Gasteiger charge is 2.31. The van der Waals surface area contributed by atoms with Gasteiger partial charge in [0.1, 0.15) is 6.07 Å². The Kier molecular flexibility index (Phi) is 3.85. The van der Waals surface area contributed by atoms with Crippen LogP contribution < -0.4 is 5.32 Å². The normalized spacial score (nSPS) is 22.5. The number of hydrogen-bond donors (Lipinski definition) is 1. The van der Waals surface area contributed by atoms with Gasteiger partial charge in [-0.2, -0.15) is 5.26 Å². The van der Waals surface area contributed by atoms with Gasteiger partial charge in [0.05, 0.1) is 23.3 Å². The third-order valence-corrected chi connectivity index (χ3v) is 3.31. The monoisotopic (exact) mass is 264 g/mol. The lowest BCUT2D eigenvalue weighted by Gasteiger charge is -2.14. The van der Waals surface area contributed by atoms with Crippen molar-refractivity contribution in [2.45, 2.75) is 19.4 Å². The number of hydrogen-bond acceptors (Lipinski definition) is 3. The van der Waals surface area contributed by atoms with Crippen LogP contribution in [0.5, 0.6) is 0 Å². The van der Waals surface area contributed by atoms with Crippen LogP contribution >= 0.6 is 11.6 Å². The minimum atomic E-state index is -0.171. The summed E-state index contributed by atoms with van der Waals surface area (Å²) in [7, 11) is 0. The Balaban J connectivity index is 2.16. The van der Waals surface area contributed by atoms with E-state index in [9.17, 15) is 4.79 Å². The highest BCUT2D eigenvalue weighted by Crippen LogP contribution is 2.25. The number of halogens is 1. The summed E-state index contributed by atoms with van der Waals surface area (Å²) in [6, 6.07) is 6.82. The molecule has 4 nitrogen and oxygen atoms in total. The van der Waals surface area contributed by atoms with E-state index >= 15 is 0 Å². The molecule has 1 aromatic carbocycles. The molecule has 2 rings (SSSR count). The van der Waals surface area contributed by atoms with Crippen molar-refractivity contribution in [2.75, 3.05) is 11.9 Å². The Hall–Kier alpha value is -1.57. The lowest BCUT2D eigenvalue weighted by atomic mass is 10.0. The van der Waals surface area contributed by atoms with Gasteiger partial charge in [-0.1, -0.05) is 11.6 Å². The fraction of sp³-hybridized carbons (Fsp3) is 0.385. The van der Waals surface area contributed by atoms with Gasteiger partial charge >= 0.3 is 0 Å². The Morgan fingerprint density at radius 2 is 2.39 bits per heavy atom. The van der Waals surface area contributed by atoms with E-state index in [2.05, 4.69) is 5.32 Å². The van der Waals surface area contributed by atoms with Crippen molar-refractivity contribution >= 4 is 23.2 Å². The minimum Gasteiger partial charge on any atom is -0.378 e. The molecule has 1 fully saturated rings. The van der Waals surface area contributed by atoms with Crippen molar-refractivity contribution in [3.05, 3.63) is 28.8 Å². The second kappa shape index (κ2) is 5.38. The second-order valence-corrected chi connectivity index (χ2v) is 4.70. The number of ether oxygens (including phenoxy) is 1. The molecule has 0 aromatic heterocycles. The Morgan fingerprint density at radius 3 is 3.00 bits per heavy atom. The highest BCUT2D eigenvalue weighted by molar-refractivity contribution is 6.31. The number of benzene rings is 1. The zero-order valence-electron chi connectivity index (χ0n) is 9.94.